The number of carbonyl (C=O) groups is 2. The summed E-state index contributed by atoms with van der Waals surface area (Å²) in [5.41, 5.74) is 0.364. The van der Waals surface area contributed by atoms with Crippen LogP contribution in [0.15, 0.2) is 36.7 Å². The van der Waals surface area contributed by atoms with Crippen molar-refractivity contribution in [3.8, 4) is 0 Å². The first-order chi connectivity index (χ1) is 16.1. The molecule has 0 spiro atoms. The molecule has 0 bridgehead atoms. The number of amides is 2. The second kappa shape index (κ2) is 13.5. The molecule has 5 nitrogen and oxygen atoms in total. The van der Waals surface area contributed by atoms with Crippen molar-refractivity contribution in [2.75, 3.05) is 24.6 Å². The predicted octanol–water partition coefficient (Wildman–Crippen LogP) is 6.51. The highest BCUT2D eigenvalue weighted by Gasteiger charge is 2.42. The van der Waals surface area contributed by atoms with E-state index in [1.165, 1.54) is 0 Å². The second-order valence-electron chi connectivity index (χ2n) is 12.2. The molecule has 198 valence electrons. The maximum atomic E-state index is 13.0. The van der Waals surface area contributed by atoms with Gasteiger partial charge in [0.1, 0.15) is 0 Å². The van der Waals surface area contributed by atoms with Gasteiger partial charge in [0.2, 0.25) is 5.91 Å². The van der Waals surface area contributed by atoms with Crippen LogP contribution in [0.3, 0.4) is 0 Å². The minimum atomic E-state index is -0.459. The van der Waals surface area contributed by atoms with E-state index in [1.807, 2.05) is 13.8 Å². The Morgan fingerprint density at radius 1 is 1.00 bits per heavy atom. The number of allylic oxidation sites excluding steroid dienone is 2. The summed E-state index contributed by atoms with van der Waals surface area (Å²) in [6.45, 7) is 21.3. The summed E-state index contributed by atoms with van der Waals surface area (Å²) in [5.74, 6) is 1.61. The fraction of sp³-hybridized carbons (Fsp3) is 0.690. The number of hydrogen-bond acceptors (Lipinski definition) is 4. The number of thioether (sulfide) groups is 1. The Kier molecular flexibility index (Phi) is 12.0. The lowest BCUT2D eigenvalue weighted by Gasteiger charge is -2.44. The summed E-state index contributed by atoms with van der Waals surface area (Å²) in [6.07, 6.45) is 10.9. The van der Waals surface area contributed by atoms with Gasteiger partial charge in [-0.1, -0.05) is 80.9 Å². The van der Waals surface area contributed by atoms with Crippen molar-refractivity contribution in [2.24, 2.45) is 21.7 Å². The van der Waals surface area contributed by atoms with Gasteiger partial charge >= 0.3 is 0 Å². The average molecular weight is 504 g/mol. The fourth-order valence-electron chi connectivity index (χ4n) is 3.87. The van der Waals surface area contributed by atoms with Crippen LogP contribution in [0, 0.1) is 21.7 Å². The largest absolute Gasteiger partial charge is 0.355 e. The van der Waals surface area contributed by atoms with Gasteiger partial charge in [-0.15, -0.1) is 0 Å². The van der Waals surface area contributed by atoms with Gasteiger partial charge in [0.05, 0.1) is 5.56 Å². The molecule has 1 heterocycles. The van der Waals surface area contributed by atoms with Gasteiger partial charge in [-0.25, -0.2) is 0 Å². The highest BCUT2D eigenvalue weighted by atomic mass is 32.2. The van der Waals surface area contributed by atoms with E-state index >= 15 is 0 Å². The SMILES string of the molecule is CCC(C)(C)CC=CC(C)(C)C(C)(C)CC(C)(C)C(=O)NCCSCCNC(=O)c1cccnc1. The summed E-state index contributed by atoms with van der Waals surface area (Å²) in [5, 5.41) is 6.02. The van der Waals surface area contributed by atoms with Crippen LogP contribution < -0.4 is 10.6 Å². The number of nitrogens with zero attached hydrogens (tertiary/aromatic N) is 1. The standard InChI is InChI=1S/C29H49N3O2S/c1-10-26(2,3)14-12-15-28(6,7)29(8,9)22-27(4,5)25(34)32-18-20-35-19-17-31-24(33)23-13-11-16-30-21-23/h11-13,15-16,21H,10,14,17-20,22H2,1-9H3,(H,31,33)(H,32,34). The van der Waals surface area contributed by atoms with Crippen LogP contribution in [-0.2, 0) is 4.79 Å². The van der Waals surface area contributed by atoms with E-state index in [9.17, 15) is 9.59 Å². The van der Waals surface area contributed by atoms with Crippen molar-refractivity contribution in [3.63, 3.8) is 0 Å². The summed E-state index contributed by atoms with van der Waals surface area (Å²) in [4.78, 5) is 29.0. The number of hydrogen-bond donors (Lipinski definition) is 2. The molecular weight excluding hydrogens is 454 g/mol. The zero-order valence-electron chi connectivity index (χ0n) is 23.6. The fourth-order valence-corrected chi connectivity index (χ4v) is 4.57. The molecule has 2 amide bonds. The van der Waals surface area contributed by atoms with E-state index in [1.54, 1.807) is 36.3 Å². The Balaban J connectivity index is 2.42. The normalized spacial score (nSPS) is 13.2. The Morgan fingerprint density at radius 2 is 1.63 bits per heavy atom. The van der Waals surface area contributed by atoms with Crippen molar-refractivity contribution < 1.29 is 9.59 Å². The van der Waals surface area contributed by atoms with Crippen LogP contribution in [0.1, 0.15) is 91.9 Å². The van der Waals surface area contributed by atoms with Gasteiger partial charge in [0.25, 0.3) is 5.91 Å². The second-order valence-corrected chi connectivity index (χ2v) is 13.4. The Morgan fingerprint density at radius 3 is 2.20 bits per heavy atom. The Hall–Kier alpha value is -1.82. The van der Waals surface area contributed by atoms with Crippen LogP contribution in [0.2, 0.25) is 0 Å². The van der Waals surface area contributed by atoms with Crippen molar-refractivity contribution in [1.29, 1.82) is 0 Å². The Labute approximate surface area is 218 Å². The lowest BCUT2D eigenvalue weighted by Crippen LogP contribution is -2.43. The molecule has 0 saturated heterocycles. The van der Waals surface area contributed by atoms with Gasteiger partial charge in [-0.2, -0.15) is 11.8 Å². The summed E-state index contributed by atoms with van der Waals surface area (Å²) < 4.78 is 0. The molecule has 0 aliphatic carbocycles. The van der Waals surface area contributed by atoms with E-state index in [0.717, 1.165) is 30.8 Å². The molecule has 0 aliphatic rings. The smallest absolute Gasteiger partial charge is 0.252 e. The van der Waals surface area contributed by atoms with Crippen LogP contribution in [0.25, 0.3) is 0 Å². The highest BCUT2D eigenvalue weighted by molar-refractivity contribution is 7.99. The first-order valence-electron chi connectivity index (χ1n) is 12.9. The van der Waals surface area contributed by atoms with E-state index in [2.05, 4.69) is 76.2 Å². The lowest BCUT2D eigenvalue weighted by molar-refractivity contribution is -0.131. The quantitative estimate of drug-likeness (QED) is 0.211. The minimum Gasteiger partial charge on any atom is -0.355 e. The van der Waals surface area contributed by atoms with Crippen molar-refractivity contribution >= 4 is 23.6 Å². The maximum Gasteiger partial charge on any atom is 0.252 e. The van der Waals surface area contributed by atoms with Crippen molar-refractivity contribution in [2.45, 2.75) is 81.6 Å². The molecule has 0 atom stereocenters. The molecular formula is C29H49N3O2S. The van der Waals surface area contributed by atoms with Gasteiger partial charge in [0.15, 0.2) is 0 Å². The molecule has 2 N–H and O–H groups in total. The lowest BCUT2D eigenvalue weighted by atomic mass is 9.61. The van der Waals surface area contributed by atoms with Crippen LogP contribution in [0.4, 0.5) is 0 Å². The number of carbonyl (C=O) groups excluding carboxylic acids is 2. The summed E-state index contributed by atoms with van der Waals surface area (Å²) in [6, 6.07) is 3.50. The first kappa shape index (κ1) is 31.2. The maximum absolute atomic E-state index is 13.0. The van der Waals surface area contributed by atoms with Crippen LogP contribution in [0.5, 0.6) is 0 Å². The molecule has 0 unspecified atom stereocenters. The molecule has 0 aliphatic heterocycles. The van der Waals surface area contributed by atoms with Gasteiger partial charge in [-0.3, -0.25) is 14.6 Å². The molecule has 6 heteroatoms. The van der Waals surface area contributed by atoms with E-state index < -0.39 is 5.41 Å². The molecule has 0 radical (unpaired) electrons. The van der Waals surface area contributed by atoms with Gasteiger partial charge in [0, 0.05) is 42.4 Å². The Bertz CT molecular complexity index is 830. The number of rotatable bonds is 15. The number of nitrogens with one attached hydrogen (secondary N) is 2. The van der Waals surface area contributed by atoms with Crippen molar-refractivity contribution in [1.82, 2.24) is 15.6 Å². The third kappa shape index (κ3) is 10.8. The molecule has 35 heavy (non-hydrogen) atoms. The van der Waals surface area contributed by atoms with Gasteiger partial charge < -0.3 is 10.6 Å². The predicted molar refractivity (Wildman–Crippen MR) is 151 cm³/mol. The van der Waals surface area contributed by atoms with E-state index in [-0.39, 0.29) is 22.6 Å². The third-order valence-electron chi connectivity index (χ3n) is 7.39. The number of aromatic nitrogens is 1. The molecule has 0 aromatic carbocycles. The summed E-state index contributed by atoms with van der Waals surface area (Å²) in [7, 11) is 0. The van der Waals surface area contributed by atoms with Gasteiger partial charge in [-0.05, 0) is 41.2 Å². The third-order valence-corrected chi connectivity index (χ3v) is 8.38. The van der Waals surface area contributed by atoms with E-state index in [4.69, 9.17) is 0 Å². The van der Waals surface area contributed by atoms with Crippen LogP contribution in [-0.4, -0.2) is 41.4 Å². The topological polar surface area (TPSA) is 71.1 Å². The number of pyridine rings is 1. The molecule has 1 aromatic rings. The summed E-state index contributed by atoms with van der Waals surface area (Å²) >= 11 is 1.72. The zero-order chi connectivity index (χ0) is 26.8. The van der Waals surface area contributed by atoms with Crippen LogP contribution >= 0.6 is 11.8 Å². The van der Waals surface area contributed by atoms with Crippen molar-refractivity contribution in [3.05, 3.63) is 42.2 Å². The average Bonchev–Trinajstić information content (AvgIpc) is 2.77. The molecule has 1 aromatic heterocycles. The highest BCUT2D eigenvalue weighted by Crippen LogP contribution is 2.47. The monoisotopic (exact) mass is 503 g/mol. The molecule has 0 fully saturated rings. The van der Waals surface area contributed by atoms with E-state index in [0.29, 0.717) is 24.1 Å². The zero-order valence-corrected chi connectivity index (χ0v) is 24.4. The molecule has 1 rings (SSSR count). The first-order valence-corrected chi connectivity index (χ1v) is 14.0. The minimum absolute atomic E-state index is 0.0233. The molecule has 0 saturated carbocycles.